The van der Waals surface area contributed by atoms with Crippen LogP contribution in [0.5, 0.6) is 0 Å². The molecule has 0 aliphatic rings. The molecule has 1 aromatic rings. The highest BCUT2D eigenvalue weighted by atomic mass is 31.2. The first-order valence-corrected chi connectivity index (χ1v) is 16.5. The van der Waals surface area contributed by atoms with E-state index in [0.29, 0.717) is 32.1 Å². The average Bonchev–Trinajstić information content (AvgIpc) is 2.90. The number of ether oxygens (including phenoxy) is 2. The summed E-state index contributed by atoms with van der Waals surface area (Å²) in [5.74, 6) is 0. The number of rotatable bonds is 27. The number of pyridine rings is 1. The van der Waals surface area contributed by atoms with Gasteiger partial charge < -0.3 is 20.1 Å². The van der Waals surface area contributed by atoms with Gasteiger partial charge in [0.2, 0.25) is 0 Å². The molecule has 0 amide bonds. The van der Waals surface area contributed by atoms with Crippen LogP contribution in [0, 0.1) is 0 Å². The number of phosphoric ester groups is 1. The van der Waals surface area contributed by atoms with Crippen LogP contribution in [0.1, 0.15) is 110 Å². The molecule has 8 nitrogen and oxygen atoms in total. The van der Waals surface area contributed by atoms with Crippen LogP contribution >= 0.6 is 7.82 Å². The minimum atomic E-state index is -4.17. The molecule has 1 unspecified atom stereocenters. The number of hydrogen-bond donors (Lipinski definition) is 2. The van der Waals surface area contributed by atoms with E-state index in [4.69, 9.17) is 24.3 Å². The van der Waals surface area contributed by atoms with Crippen molar-refractivity contribution in [3.8, 4) is 0 Å². The molecule has 0 aromatic carbocycles. The third kappa shape index (κ3) is 20.9. The average molecular weight is 560 g/mol. The lowest BCUT2D eigenvalue weighted by molar-refractivity contribution is -0.697. The van der Waals surface area contributed by atoms with Crippen molar-refractivity contribution < 1.29 is 32.5 Å². The number of nitrogen functional groups attached to an aromatic ring is 1. The van der Waals surface area contributed by atoms with Gasteiger partial charge in [0, 0.05) is 31.0 Å². The zero-order chi connectivity index (χ0) is 27.7. The Balaban J connectivity index is 2.05. The van der Waals surface area contributed by atoms with Crippen molar-refractivity contribution in [1.82, 2.24) is 0 Å². The highest BCUT2D eigenvalue weighted by Crippen LogP contribution is 2.43. The van der Waals surface area contributed by atoms with Crippen LogP contribution in [0.3, 0.4) is 0 Å². The first-order chi connectivity index (χ1) is 18.5. The lowest BCUT2D eigenvalue weighted by Crippen LogP contribution is -2.35. The largest absolute Gasteiger partial charge is 0.472 e. The summed E-state index contributed by atoms with van der Waals surface area (Å²) in [6.07, 6.45) is 22.6. The molecule has 1 rings (SSSR count). The van der Waals surface area contributed by atoms with E-state index in [1.807, 2.05) is 11.5 Å². The van der Waals surface area contributed by atoms with Crippen molar-refractivity contribution in [2.24, 2.45) is 0 Å². The second kappa shape index (κ2) is 23.8. The van der Waals surface area contributed by atoms with Gasteiger partial charge >= 0.3 is 7.82 Å². The second-order valence-electron chi connectivity index (χ2n) is 10.1. The molecule has 0 radical (unpaired) electrons. The van der Waals surface area contributed by atoms with E-state index < -0.39 is 13.9 Å². The summed E-state index contributed by atoms with van der Waals surface area (Å²) in [4.78, 5) is 10.0. The molecule has 0 saturated carbocycles. The van der Waals surface area contributed by atoms with Crippen molar-refractivity contribution >= 4 is 13.5 Å². The van der Waals surface area contributed by atoms with E-state index in [9.17, 15) is 9.46 Å². The molecule has 1 aromatic heterocycles. The molecule has 38 heavy (non-hydrogen) atoms. The van der Waals surface area contributed by atoms with Crippen LogP contribution in [-0.2, 0) is 29.6 Å². The summed E-state index contributed by atoms with van der Waals surface area (Å²) < 4.78 is 35.9. The van der Waals surface area contributed by atoms with Crippen LogP contribution in [0.15, 0.2) is 24.5 Å². The Morgan fingerprint density at radius 1 is 0.763 bits per heavy atom. The maximum absolute atomic E-state index is 12.2. The minimum Gasteiger partial charge on any atom is -0.398 e. The van der Waals surface area contributed by atoms with Crippen molar-refractivity contribution in [2.75, 3.05) is 38.8 Å². The van der Waals surface area contributed by atoms with Gasteiger partial charge in [0.15, 0.2) is 18.9 Å². The van der Waals surface area contributed by atoms with Gasteiger partial charge in [-0.25, -0.2) is 9.13 Å². The van der Waals surface area contributed by atoms with E-state index in [1.54, 1.807) is 24.5 Å². The molecule has 0 bridgehead atoms. The van der Waals surface area contributed by atoms with Crippen molar-refractivity contribution in [3.63, 3.8) is 0 Å². The van der Waals surface area contributed by atoms with Crippen molar-refractivity contribution in [3.05, 3.63) is 24.5 Å². The smallest absolute Gasteiger partial charge is 0.398 e. The lowest BCUT2D eigenvalue weighted by Gasteiger charge is -2.19. The Morgan fingerprint density at radius 3 is 1.87 bits per heavy atom. The number of anilines is 1. The number of phosphoric acid groups is 1. The van der Waals surface area contributed by atoms with Crippen LogP contribution in [0.25, 0.3) is 0 Å². The lowest BCUT2D eigenvalue weighted by atomic mass is 10.0. The third-order valence-electron chi connectivity index (χ3n) is 6.45. The number of aromatic nitrogens is 1. The van der Waals surface area contributed by atoms with Gasteiger partial charge in [-0.2, -0.15) is 0 Å². The van der Waals surface area contributed by atoms with Crippen LogP contribution < -0.4 is 10.3 Å². The molecular formula is C29H56N2O6P+. The molecule has 0 fully saturated rings. The standard InChI is InChI=1S/C29H55N2O6P/c1-3-5-6-7-8-9-10-11-12-13-14-15-16-17-24-34-26-29(35-23-4-2)27-37-38(32,33)36-25-22-31-20-18-28(30)19-21-31/h18-21,29-30H,3-17,22-27H2,1-2H3,(H,32,33)/p+1/t29-/m1/s1. The fourth-order valence-corrected chi connectivity index (χ4v) is 4.88. The molecule has 0 saturated heterocycles. The molecule has 0 aliphatic carbocycles. The topological polar surface area (TPSA) is 104 Å². The summed E-state index contributed by atoms with van der Waals surface area (Å²) in [6, 6.07) is 3.51. The Kier molecular flexibility index (Phi) is 22.0. The fraction of sp³-hybridized carbons (Fsp3) is 0.828. The molecular weight excluding hydrogens is 503 g/mol. The first-order valence-electron chi connectivity index (χ1n) is 15.0. The van der Waals surface area contributed by atoms with Crippen LogP contribution in [0.2, 0.25) is 0 Å². The second-order valence-corrected chi connectivity index (χ2v) is 11.6. The number of hydrogen-bond acceptors (Lipinski definition) is 6. The van der Waals surface area contributed by atoms with Gasteiger partial charge in [-0.15, -0.1) is 0 Å². The number of unbranched alkanes of at least 4 members (excludes halogenated alkanes) is 13. The summed E-state index contributed by atoms with van der Waals surface area (Å²) >= 11 is 0. The first kappa shape index (κ1) is 35.0. The molecule has 0 spiro atoms. The predicted octanol–water partition coefficient (Wildman–Crippen LogP) is 6.98. The molecule has 0 aliphatic heterocycles. The molecule has 9 heteroatoms. The van der Waals surface area contributed by atoms with E-state index in [0.717, 1.165) is 12.8 Å². The summed E-state index contributed by atoms with van der Waals surface area (Å²) in [7, 11) is -4.17. The Bertz CT molecular complexity index is 707. The molecule has 1 heterocycles. The van der Waals surface area contributed by atoms with Gasteiger partial charge in [0.25, 0.3) is 0 Å². The van der Waals surface area contributed by atoms with Crippen LogP contribution in [0.4, 0.5) is 5.69 Å². The van der Waals surface area contributed by atoms with Gasteiger partial charge in [-0.05, 0) is 12.8 Å². The minimum absolute atomic E-state index is 0.0402. The monoisotopic (exact) mass is 559 g/mol. The Labute approximate surface area is 232 Å². The Morgan fingerprint density at radius 2 is 1.32 bits per heavy atom. The van der Waals surface area contributed by atoms with E-state index in [-0.39, 0.29) is 13.2 Å². The van der Waals surface area contributed by atoms with Crippen LogP contribution in [-0.4, -0.2) is 44.0 Å². The maximum atomic E-state index is 12.2. The van der Waals surface area contributed by atoms with E-state index >= 15 is 0 Å². The SMILES string of the molecule is CCCCCCCCCCCCCCCCOC[C@H](COP(=O)(O)OCC[n+]1ccc(N)cc1)OCCC. The van der Waals surface area contributed by atoms with E-state index in [1.165, 1.54) is 83.5 Å². The van der Waals surface area contributed by atoms with E-state index in [2.05, 4.69) is 6.92 Å². The summed E-state index contributed by atoms with van der Waals surface area (Å²) in [6.45, 7) is 6.22. The quantitative estimate of drug-likeness (QED) is 0.0680. The number of nitrogens with two attached hydrogens (primary N) is 1. The zero-order valence-electron chi connectivity index (χ0n) is 24.2. The molecule has 222 valence electrons. The molecule has 3 N–H and O–H groups in total. The number of nitrogens with zero attached hydrogens (tertiary/aromatic N) is 1. The highest BCUT2D eigenvalue weighted by Gasteiger charge is 2.24. The molecule has 2 atom stereocenters. The predicted molar refractivity (Wildman–Crippen MR) is 154 cm³/mol. The summed E-state index contributed by atoms with van der Waals surface area (Å²) in [5, 5.41) is 0. The van der Waals surface area contributed by atoms with Gasteiger partial charge in [-0.1, -0.05) is 97.3 Å². The van der Waals surface area contributed by atoms with Gasteiger partial charge in [0.1, 0.15) is 12.7 Å². The van der Waals surface area contributed by atoms with Crippen molar-refractivity contribution in [2.45, 2.75) is 123 Å². The highest BCUT2D eigenvalue weighted by molar-refractivity contribution is 7.47. The van der Waals surface area contributed by atoms with Gasteiger partial charge in [0.05, 0.1) is 13.2 Å². The zero-order valence-corrected chi connectivity index (χ0v) is 25.1. The van der Waals surface area contributed by atoms with Crippen molar-refractivity contribution in [1.29, 1.82) is 0 Å². The normalized spacial score (nSPS) is 14.0. The fourth-order valence-electron chi connectivity index (χ4n) is 4.14. The maximum Gasteiger partial charge on any atom is 0.472 e. The third-order valence-corrected chi connectivity index (χ3v) is 7.43. The summed E-state index contributed by atoms with van der Waals surface area (Å²) in [5.41, 5.74) is 6.32. The Hall–Kier alpha value is -1.02. The van der Waals surface area contributed by atoms with Gasteiger partial charge in [-0.3, -0.25) is 9.05 Å².